The number of aromatic nitrogens is 2. The standard InChI is InChI=1S/C22H16ClN5O3/c23-15-6-8-16(9-7-15)26-21-20(28(29)30)22(25-14-24-21)27-17-10-12-19(13-11-17)31-18-4-2-1-3-5-18/h1-14H,(H2,24,25,26,27). The molecule has 3 aromatic carbocycles. The largest absolute Gasteiger partial charge is 0.457 e. The Bertz CT molecular complexity index is 1190. The van der Waals surface area contributed by atoms with Gasteiger partial charge in [0.1, 0.15) is 17.8 Å². The monoisotopic (exact) mass is 433 g/mol. The van der Waals surface area contributed by atoms with Crippen LogP contribution in [0.1, 0.15) is 0 Å². The van der Waals surface area contributed by atoms with Crippen molar-refractivity contribution in [2.24, 2.45) is 0 Å². The lowest BCUT2D eigenvalue weighted by Crippen LogP contribution is -2.05. The van der Waals surface area contributed by atoms with Crippen LogP contribution in [0.4, 0.5) is 28.7 Å². The fourth-order valence-corrected chi connectivity index (χ4v) is 2.90. The zero-order valence-electron chi connectivity index (χ0n) is 16.0. The third-order valence-corrected chi connectivity index (χ3v) is 4.46. The molecule has 154 valence electrons. The van der Waals surface area contributed by atoms with Crippen molar-refractivity contribution in [2.45, 2.75) is 0 Å². The van der Waals surface area contributed by atoms with Gasteiger partial charge in [-0.3, -0.25) is 10.1 Å². The smallest absolute Gasteiger partial charge is 0.353 e. The molecule has 0 amide bonds. The molecule has 1 heterocycles. The predicted octanol–water partition coefficient (Wildman–Crippen LogP) is 6.32. The van der Waals surface area contributed by atoms with Gasteiger partial charge in [0.25, 0.3) is 0 Å². The zero-order valence-corrected chi connectivity index (χ0v) is 16.8. The van der Waals surface area contributed by atoms with E-state index in [0.29, 0.717) is 27.9 Å². The Morgan fingerprint density at radius 3 is 1.84 bits per heavy atom. The minimum Gasteiger partial charge on any atom is -0.457 e. The number of nitrogens with zero attached hydrogens (tertiary/aromatic N) is 3. The number of anilines is 4. The molecular formula is C22H16ClN5O3. The molecular weight excluding hydrogens is 418 g/mol. The van der Waals surface area contributed by atoms with E-state index in [0.717, 1.165) is 0 Å². The van der Waals surface area contributed by atoms with Gasteiger partial charge in [-0.15, -0.1) is 0 Å². The maximum absolute atomic E-state index is 11.7. The normalized spacial score (nSPS) is 10.4. The summed E-state index contributed by atoms with van der Waals surface area (Å²) in [5, 5.41) is 18.2. The lowest BCUT2D eigenvalue weighted by molar-refractivity contribution is -0.383. The minimum absolute atomic E-state index is 0.0631. The second kappa shape index (κ2) is 9.10. The van der Waals surface area contributed by atoms with Gasteiger partial charge in [0.15, 0.2) is 0 Å². The Morgan fingerprint density at radius 1 is 0.774 bits per heavy atom. The van der Waals surface area contributed by atoms with Gasteiger partial charge >= 0.3 is 5.69 Å². The first-order valence-corrected chi connectivity index (χ1v) is 9.58. The van der Waals surface area contributed by atoms with Crippen LogP contribution in [0.5, 0.6) is 11.5 Å². The fourth-order valence-electron chi connectivity index (χ4n) is 2.77. The van der Waals surface area contributed by atoms with E-state index in [1.165, 1.54) is 6.33 Å². The maximum atomic E-state index is 11.7. The lowest BCUT2D eigenvalue weighted by atomic mass is 10.3. The van der Waals surface area contributed by atoms with Gasteiger partial charge in [0.2, 0.25) is 11.6 Å². The summed E-state index contributed by atoms with van der Waals surface area (Å²) in [5.41, 5.74) is 0.946. The van der Waals surface area contributed by atoms with Gasteiger partial charge in [0, 0.05) is 16.4 Å². The Balaban J connectivity index is 1.55. The van der Waals surface area contributed by atoms with Crippen LogP contribution in [0, 0.1) is 10.1 Å². The van der Waals surface area contributed by atoms with Crippen LogP contribution >= 0.6 is 11.6 Å². The Morgan fingerprint density at radius 2 is 1.29 bits per heavy atom. The zero-order chi connectivity index (χ0) is 21.6. The van der Waals surface area contributed by atoms with Crippen LogP contribution in [0.25, 0.3) is 0 Å². The molecule has 1 aromatic heterocycles. The molecule has 9 heteroatoms. The molecule has 4 aromatic rings. The number of nitrogens with one attached hydrogen (secondary N) is 2. The van der Waals surface area contributed by atoms with Crippen molar-refractivity contribution < 1.29 is 9.66 Å². The van der Waals surface area contributed by atoms with Gasteiger partial charge in [0.05, 0.1) is 4.92 Å². The number of nitro groups is 1. The Hall–Kier alpha value is -4.17. The number of hydrogen-bond acceptors (Lipinski definition) is 7. The van der Waals surface area contributed by atoms with E-state index in [4.69, 9.17) is 16.3 Å². The molecule has 0 bridgehead atoms. The molecule has 0 atom stereocenters. The number of hydrogen-bond donors (Lipinski definition) is 2. The predicted molar refractivity (Wildman–Crippen MR) is 120 cm³/mol. The molecule has 0 radical (unpaired) electrons. The quantitative estimate of drug-likeness (QED) is 0.259. The summed E-state index contributed by atoms with van der Waals surface area (Å²) in [5.74, 6) is 1.48. The summed E-state index contributed by atoms with van der Waals surface area (Å²) >= 11 is 5.89. The number of benzene rings is 3. The number of para-hydroxylation sites is 1. The molecule has 0 aliphatic carbocycles. The highest BCUT2D eigenvalue weighted by molar-refractivity contribution is 6.30. The van der Waals surface area contributed by atoms with Crippen molar-refractivity contribution >= 4 is 40.3 Å². The molecule has 0 saturated carbocycles. The second-order valence-corrected chi connectivity index (χ2v) is 6.81. The van der Waals surface area contributed by atoms with E-state index in [-0.39, 0.29) is 17.3 Å². The molecule has 0 fully saturated rings. The second-order valence-electron chi connectivity index (χ2n) is 6.37. The highest BCUT2D eigenvalue weighted by Crippen LogP contribution is 2.33. The summed E-state index contributed by atoms with van der Waals surface area (Å²) in [4.78, 5) is 19.3. The summed E-state index contributed by atoms with van der Waals surface area (Å²) < 4.78 is 5.76. The van der Waals surface area contributed by atoms with Gasteiger partial charge in [-0.25, -0.2) is 9.97 Å². The topological polar surface area (TPSA) is 102 Å². The minimum atomic E-state index is -0.534. The maximum Gasteiger partial charge on any atom is 0.353 e. The van der Waals surface area contributed by atoms with Crippen molar-refractivity contribution in [3.8, 4) is 11.5 Å². The highest BCUT2D eigenvalue weighted by Gasteiger charge is 2.23. The molecule has 0 saturated heterocycles. The van der Waals surface area contributed by atoms with Crippen molar-refractivity contribution in [2.75, 3.05) is 10.6 Å². The van der Waals surface area contributed by atoms with E-state index < -0.39 is 4.92 Å². The molecule has 0 unspecified atom stereocenters. The Kier molecular flexibility index (Phi) is 5.91. The highest BCUT2D eigenvalue weighted by atomic mass is 35.5. The van der Waals surface area contributed by atoms with E-state index in [2.05, 4.69) is 20.6 Å². The lowest BCUT2D eigenvalue weighted by Gasteiger charge is -2.11. The van der Waals surface area contributed by atoms with Crippen LogP contribution in [0.2, 0.25) is 5.02 Å². The Labute approximate surface area is 182 Å². The molecule has 2 N–H and O–H groups in total. The molecule has 4 rings (SSSR count). The summed E-state index contributed by atoms with van der Waals surface area (Å²) in [7, 11) is 0. The van der Waals surface area contributed by atoms with Gasteiger partial charge in [-0.05, 0) is 60.7 Å². The van der Waals surface area contributed by atoms with Crippen LogP contribution in [0.3, 0.4) is 0 Å². The first kappa shape index (κ1) is 20.1. The number of rotatable bonds is 7. The SMILES string of the molecule is O=[N+]([O-])c1c(Nc2ccc(Cl)cc2)ncnc1Nc1ccc(Oc2ccccc2)cc1. The van der Waals surface area contributed by atoms with Crippen molar-refractivity contribution in [3.05, 3.63) is 100 Å². The van der Waals surface area contributed by atoms with E-state index in [9.17, 15) is 10.1 Å². The van der Waals surface area contributed by atoms with E-state index in [1.54, 1.807) is 48.5 Å². The molecule has 0 aliphatic rings. The van der Waals surface area contributed by atoms with Crippen LogP contribution < -0.4 is 15.4 Å². The third kappa shape index (κ3) is 5.06. The van der Waals surface area contributed by atoms with Crippen molar-refractivity contribution in [1.29, 1.82) is 0 Å². The average molecular weight is 434 g/mol. The molecule has 31 heavy (non-hydrogen) atoms. The van der Waals surface area contributed by atoms with E-state index >= 15 is 0 Å². The fraction of sp³-hybridized carbons (Fsp3) is 0. The first-order chi connectivity index (χ1) is 15.1. The number of halogens is 1. The summed E-state index contributed by atoms with van der Waals surface area (Å²) in [6.45, 7) is 0. The number of ether oxygens (including phenoxy) is 1. The molecule has 8 nitrogen and oxygen atoms in total. The van der Waals surface area contributed by atoms with Crippen LogP contribution in [-0.4, -0.2) is 14.9 Å². The van der Waals surface area contributed by atoms with Gasteiger partial charge in [-0.1, -0.05) is 29.8 Å². The van der Waals surface area contributed by atoms with Crippen molar-refractivity contribution in [1.82, 2.24) is 9.97 Å². The van der Waals surface area contributed by atoms with Gasteiger partial charge in [-0.2, -0.15) is 0 Å². The van der Waals surface area contributed by atoms with E-state index in [1.807, 2.05) is 30.3 Å². The third-order valence-electron chi connectivity index (χ3n) is 4.21. The molecule has 0 aliphatic heterocycles. The van der Waals surface area contributed by atoms with Gasteiger partial charge < -0.3 is 15.4 Å². The summed E-state index contributed by atoms with van der Waals surface area (Å²) in [6, 6.07) is 23.1. The van der Waals surface area contributed by atoms with Crippen molar-refractivity contribution in [3.63, 3.8) is 0 Å². The van der Waals surface area contributed by atoms with Crippen LogP contribution in [0.15, 0.2) is 85.2 Å². The molecule has 0 spiro atoms. The van der Waals surface area contributed by atoms with Crippen LogP contribution in [-0.2, 0) is 0 Å². The summed E-state index contributed by atoms with van der Waals surface area (Å²) in [6.07, 6.45) is 1.25. The first-order valence-electron chi connectivity index (χ1n) is 9.20. The average Bonchev–Trinajstić information content (AvgIpc) is 2.77.